The van der Waals surface area contributed by atoms with Crippen LogP contribution < -0.4 is 4.31 Å². The van der Waals surface area contributed by atoms with Crippen LogP contribution in [-0.2, 0) is 10.0 Å². The molecular weight excluding hydrogens is 392 g/mol. The summed E-state index contributed by atoms with van der Waals surface area (Å²) in [5, 5.41) is 9.47. The number of rotatable bonds is 9. The Kier molecular flexibility index (Phi) is 7.39. The van der Waals surface area contributed by atoms with Crippen molar-refractivity contribution < 1.29 is 23.1 Å². The Hall–Kier alpha value is -2.87. The second-order valence-corrected chi connectivity index (χ2v) is 8.62. The van der Waals surface area contributed by atoms with Crippen LogP contribution in [0.3, 0.4) is 0 Å². The first kappa shape index (κ1) is 22.4. The van der Waals surface area contributed by atoms with Gasteiger partial charge in [0.05, 0.1) is 16.1 Å². The van der Waals surface area contributed by atoms with Gasteiger partial charge in [0.2, 0.25) is 0 Å². The van der Waals surface area contributed by atoms with E-state index in [2.05, 4.69) is 0 Å². The Morgan fingerprint density at radius 2 is 1.48 bits per heavy atom. The topological polar surface area (TPSA) is 95.0 Å². The van der Waals surface area contributed by atoms with Gasteiger partial charge in [0.1, 0.15) is 0 Å². The molecule has 0 spiro atoms. The number of carboxylic acids is 1. The van der Waals surface area contributed by atoms with Gasteiger partial charge in [-0.15, -0.1) is 0 Å². The minimum Gasteiger partial charge on any atom is -0.478 e. The molecule has 0 aromatic heterocycles. The second kappa shape index (κ2) is 9.56. The van der Waals surface area contributed by atoms with Crippen molar-refractivity contribution in [3.8, 4) is 0 Å². The molecule has 2 aromatic rings. The molecule has 0 saturated carbocycles. The van der Waals surface area contributed by atoms with Crippen LogP contribution in [0.25, 0.3) is 0 Å². The molecule has 0 unspecified atom stereocenters. The van der Waals surface area contributed by atoms with E-state index in [-0.39, 0.29) is 27.6 Å². The molecule has 0 aliphatic rings. The normalized spacial score (nSPS) is 11.1. The first-order chi connectivity index (χ1) is 13.7. The molecule has 0 aliphatic carbocycles. The second-order valence-electron chi connectivity index (χ2n) is 6.65. The van der Waals surface area contributed by atoms with Gasteiger partial charge in [-0.25, -0.2) is 13.2 Å². The SMILES string of the molecule is CCCN(CCC)C(=O)c1cc(C(=O)O)cc(N(C)S(=O)(=O)c2ccccc2)c1. The Morgan fingerprint density at radius 1 is 0.931 bits per heavy atom. The van der Waals surface area contributed by atoms with Crippen molar-refractivity contribution in [3.05, 3.63) is 59.7 Å². The molecular formula is C21H26N2O5S. The monoisotopic (exact) mass is 418 g/mol. The highest BCUT2D eigenvalue weighted by Crippen LogP contribution is 2.25. The summed E-state index contributed by atoms with van der Waals surface area (Å²) >= 11 is 0. The fourth-order valence-electron chi connectivity index (χ4n) is 2.97. The highest BCUT2D eigenvalue weighted by atomic mass is 32.2. The third kappa shape index (κ3) is 5.14. The van der Waals surface area contributed by atoms with E-state index in [0.29, 0.717) is 13.1 Å². The van der Waals surface area contributed by atoms with Gasteiger partial charge in [-0.3, -0.25) is 9.10 Å². The first-order valence-corrected chi connectivity index (χ1v) is 10.9. The summed E-state index contributed by atoms with van der Waals surface area (Å²) in [4.78, 5) is 26.3. The summed E-state index contributed by atoms with van der Waals surface area (Å²) in [6.45, 7) is 4.99. The number of anilines is 1. The van der Waals surface area contributed by atoms with Crippen molar-refractivity contribution in [1.82, 2.24) is 4.90 Å². The van der Waals surface area contributed by atoms with Crippen LogP contribution >= 0.6 is 0 Å². The Morgan fingerprint density at radius 3 is 2.00 bits per heavy atom. The van der Waals surface area contributed by atoms with Crippen LogP contribution in [0.4, 0.5) is 5.69 Å². The maximum atomic E-state index is 13.0. The number of benzene rings is 2. The number of carboxylic acid groups (broad SMARTS) is 1. The average Bonchev–Trinajstić information content (AvgIpc) is 2.72. The number of sulfonamides is 1. The number of hydrogen-bond donors (Lipinski definition) is 1. The molecule has 0 aliphatic heterocycles. The van der Waals surface area contributed by atoms with Crippen molar-refractivity contribution >= 4 is 27.6 Å². The maximum absolute atomic E-state index is 13.0. The van der Waals surface area contributed by atoms with Gasteiger partial charge in [0.25, 0.3) is 15.9 Å². The van der Waals surface area contributed by atoms with Gasteiger partial charge in [-0.2, -0.15) is 0 Å². The number of carbonyl (C=O) groups excluding carboxylic acids is 1. The van der Waals surface area contributed by atoms with E-state index in [1.165, 1.54) is 37.4 Å². The number of carbonyl (C=O) groups is 2. The summed E-state index contributed by atoms with van der Waals surface area (Å²) in [5.41, 5.74) is 0.121. The Labute approximate surface area is 171 Å². The zero-order valence-corrected chi connectivity index (χ0v) is 17.6. The number of nitrogens with zero attached hydrogens (tertiary/aromatic N) is 2. The standard InChI is InChI=1S/C21H26N2O5S/c1-4-11-23(12-5-2)20(24)16-13-17(21(25)26)15-18(14-16)22(3)29(27,28)19-9-7-6-8-10-19/h6-10,13-15H,4-5,11-12H2,1-3H3,(H,25,26). The van der Waals surface area contributed by atoms with Crippen molar-refractivity contribution in [2.24, 2.45) is 0 Å². The number of aromatic carboxylic acids is 1. The smallest absolute Gasteiger partial charge is 0.335 e. The summed E-state index contributed by atoms with van der Waals surface area (Å²) in [5.74, 6) is -1.55. The molecule has 29 heavy (non-hydrogen) atoms. The molecule has 1 N–H and O–H groups in total. The lowest BCUT2D eigenvalue weighted by molar-refractivity contribution is 0.0697. The summed E-state index contributed by atoms with van der Waals surface area (Å²) in [6.07, 6.45) is 1.53. The molecule has 0 bridgehead atoms. The minimum absolute atomic E-state index is 0.0784. The Balaban J connectivity index is 2.53. The summed E-state index contributed by atoms with van der Waals surface area (Å²) in [6, 6.07) is 11.8. The fourth-order valence-corrected chi connectivity index (χ4v) is 4.17. The van der Waals surface area contributed by atoms with E-state index in [1.807, 2.05) is 13.8 Å². The molecule has 0 heterocycles. The third-order valence-corrected chi connectivity index (χ3v) is 6.25. The molecule has 8 heteroatoms. The van der Waals surface area contributed by atoms with E-state index in [1.54, 1.807) is 23.1 Å². The van der Waals surface area contributed by atoms with E-state index in [4.69, 9.17) is 0 Å². The van der Waals surface area contributed by atoms with Crippen LogP contribution in [0.15, 0.2) is 53.4 Å². The van der Waals surface area contributed by atoms with Gasteiger partial charge in [0, 0.05) is 25.7 Å². The lowest BCUT2D eigenvalue weighted by Gasteiger charge is -2.24. The van der Waals surface area contributed by atoms with Gasteiger partial charge < -0.3 is 10.0 Å². The highest BCUT2D eigenvalue weighted by molar-refractivity contribution is 7.92. The quantitative estimate of drug-likeness (QED) is 0.673. The minimum atomic E-state index is -3.90. The van der Waals surface area contributed by atoms with Gasteiger partial charge in [0.15, 0.2) is 0 Å². The molecule has 2 aromatic carbocycles. The largest absolute Gasteiger partial charge is 0.478 e. The first-order valence-electron chi connectivity index (χ1n) is 9.44. The van der Waals surface area contributed by atoms with Crippen LogP contribution in [-0.4, -0.2) is 50.4 Å². The van der Waals surface area contributed by atoms with Gasteiger partial charge in [-0.1, -0.05) is 32.0 Å². The highest BCUT2D eigenvalue weighted by Gasteiger charge is 2.24. The number of hydrogen-bond acceptors (Lipinski definition) is 4. The molecule has 0 radical (unpaired) electrons. The molecule has 7 nitrogen and oxygen atoms in total. The molecule has 0 saturated heterocycles. The molecule has 1 amide bonds. The van der Waals surface area contributed by atoms with Crippen molar-refractivity contribution in [3.63, 3.8) is 0 Å². The summed E-state index contributed by atoms with van der Waals surface area (Å²) in [7, 11) is -2.56. The average molecular weight is 419 g/mol. The van der Waals surface area contributed by atoms with Crippen molar-refractivity contribution in [2.45, 2.75) is 31.6 Å². The zero-order chi connectivity index (χ0) is 21.6. The lowest BCUT2D eigenvalue weighted by Crippen LogP contribution is -2.33. The third-order valence-electron chi connectivity index (χ3n) is 4.45. The van der Waals surface area contributed by atoms with Crippen LogP contribution in [0, 0.1) is 0 Å². The van der Waals surface area contributed by atoms with E-state index < -0.39 is 16.0 Å². The van der Waals surface area contributed by atoms with E-state index in [9.17, 15) is 23.1 Å². The Bertz CT molecular complexity index is 968. The zero-order valence-electron chi connectivity index (χ0n) is 16.8. The maximum Gasteiger partial charge on any atom is 0.335 e. The molecule has 2 rings (SSSR count). The van der Waals surface area contributed by atoms with Crippen molar-refractivity contribution in [2.75, 3.05) is 24.4 Å². The van der Waals surface area contributed by atoms with E-state index >= 15 is 0 Å². The van der Waals surface area contributed by atoms with E-state index in [0.717, 1.165) is 17.1 Å². The molecule has 0 atom stereocenters. The predicted octanol–water partition coefficient (Wildman–Crippen LogP) is 3.47. The predicted molar refractivity (Wildman–Crippen MR) is 112 cm³/mol. The fraction of sp³-hybridized carbons (Fsp3) is 0.333. The van der Waals surface area contributed by atoms with Gasteiger partial charge >= 0.3 is 5.97 Å². The lowest BCUT2D eigenvalue weighted by atomic mass is 10.1. The number of amides is 1. The summed E-state index contributed by atoms with van der Waals surface area (Å²) < 4.78 is 26.8. The molecule has 0 fully saturated rings. The van der Waals surface area contributed by atoms with Crippen LogP contribution in [0.1, 0.15) is 47.4 Å². The van der Waals surface area contributed by atoms with Crippen LogP contribution in [0.2, 0.25) is 0 Å². The van der Waals surface area contributed by atoms with Crippen molar-refractivity contribution in [1.29, 1.82) is 0 Å². The molecule has 156 valence electrons. The van der Waals surface area contributed by atoms with Gasteiger partial charge in [-0.05, 0) is 43.2 Å². The van der Waals surface area contributed by atoms with Crippen LogP contribution in [0.5, 0.6) is 0 Å².